The number of hydrogen-bond donors (Lipinski definition) is 1. The molecule has 2 unspecified atom stereocenters. The van der Waals surface area contributed by atoms with Crippen LogP contribution in [-0.4, -0.2) is 52.1 Å². The first-order valence-electron chi connectivity index (χ1n) is 14.3. The lowest BCUT2D eigenvalue weighted by atomic mass is 9.72. The number of carbonyl (C=O) groups excluding carboxylic acids is 2. The summed E-state index contributed by atoms with van der Waals surface area (Å²) in [6.07, 6.45) is 16.2. The molecule has 5 fully saturated rings. The van der Waals surface area contributed by atoms with Crippen LogP contribution in [0, 0.1) is 11.8 Å². The summed E-state index contributed by atoms with van der Waals surface area (Å²) >= 11 is 0. The lowest BCUT2D eigenvalue weighted by Crippen LogP contribution is -2.51. The Morgan fingerprint density at radius 1 is 0.811 bits per heavy atom. The largest absolute Gasteiger partial charge is 0.330 e. The van der Waals surface area contributed by atoms with Crippen molar-refractivity contribution in [2.45, 2.75) is 95.2 Å². The smallest absolute Gasteiger partial charge is 0.328 e. The molecule has 0 spiro atoms. The molecule has 1 aromatic heterocycles. The van der Waals surface area contributed by atoms with Gasteiger partial charge in [0, 0.05) is 18.1 Å². The molecule has 3 amide bonds. The van der Waals surface area contributed by atoms with E-state index < -0.39 is 11.9 Å². The number of nitrogens with zero attached hydrogens (tertiary/aromatic N) is 4. The third kappa shape index (κ3) is 4.69. The van der Waals surface area contributed by atoms with Crippen molar-refractivity contribution in [2.24, 2.45) is 11.8 Å². The molecule has 2 aliphatic carbocycles. The third-order valence-electron chi connectivity index (χ3n) is 9.63. The third-order valence-corrected chi connectivity index (χ3v) is 9.63. The van der Waals surface area contributed by atoms with E-state index in [0.29, 0.717) is 17.6 Å². The van der Waals surface area contributed by atoms with E-state index in [-0.39, 0.29) is 24.0 Å². The van der Waals surface area contributed by atoms with Gasteiger partial charge in [0.05, 0.1) is 17.6 Å². The highest BCUT2D eigenvalue weighted by Gasteiger charge is 2.39. The fourth-order valence-corrected chi connectivity index (χ4v) is 7.71. The Morgan fingerprint density at radius 3 is 2.03 bits per heavy atom. The molecule has 8 nitrogen and oxygen atoms in total. The number of rotatable bonds is 2. The second-order valence-electron chi connectivity index (χ2n) is 11.8. The average Bonchev–Trinajstić information content (AvgIpc) is 3.22. The standard InChI is InChI=1S/C20H23N5O3.C9H16/c1-23-12-5-4-6-13(23)10-14(9-12)24-16-8-3-2-7-15(16)22-18(19(24)27)25-17(26)11-21-20(25)28;1-3-8-5-2-6-9(4-1)7-8/h2-3,7-8,12-14H,4-6,9-11H2,1H3,(H,21,28);8-9H,1-7H2. The van der Waals surface area contributed by atoms with Gasteiger partial charge in [-0.15, -0.1) is 0 Å². The van der Waals surface area contributed by atoms with E-state index in [2.05, 4.69) is 22.2 Å². The van der Waals surface area contributed by atoms with Gasteiger partial charge in [0.1, 0.15) is 0 Å². The van der Waals surface area contributed by atoms with Crippen molar-refractivity contribution in [3.8, 4) is 0 Å². The van der Waals surface area contributed by atoms with Crippen LogP contribution in [0.3, 0.4) is 0 Å². The summed E-state index contributed by atoms with van der Waals surface area (Å²) in [7, 11) is 2.18. The molecule has 2 saturated carbocycles. The van der Waals surface area contributed by atoms with Crippen molar-refractivity contribution in [3.63, 3.8) is 0 Å². The van der Waals surface area contributed by atoms with Gasteiger partial charge in [-0.3, -0.25) is 9.59 Å². The number of anilines is 1. The molecule has 1 N–H and O–H groups in total. The zero-order valence-corrected chi connectivity index (χ0v) is 21.9. The van der Waals surface area contributed by atoms with E-state index in [1.807, 2.05) is 24.3 Å². The molecule has 3 saturated heterocycles. The Labute approximate surface area is 218 Å². The fraction of sp³-hybridized carbons (Fsp3) is 0.655. The SMILES string of the molecule is C1CC2CCCC(C1)C2.CN1C2CCCC1CC(n1c(=O)c(N3C(=O)CNC3=O)nc3ccccc31)C2. The molecule has 2 atom stereocenters. The molecule has 1 aromatic carbocycles. The van der Waals surface area contributed by atoms with E-state index in [1.165, 1.54) is 19.3 Å². The zero-order valence-electron chi connectivity index (χ0n) is 21.9. The van der Waals surface area contributed by atoms with Crippen molar-refractivity contribution < 1.29 is 9.59 Å². The second-order valence-corrected chi connectivity index (χ2v) is 11.8. The molecule has 5 aliphatic rings. The number of imide groups is 1. The Bertz CT molecular complexity index is 1190. The van der Waals surface area contributed by atoms with Gasteiger partial charge in [0.2, 0.25) is 5.82 Å². The van der Waals surface area contributed by atoms with Gasteiger partial charge >= 0.3 is 6.03 Å². The van der Waals surface area contributed by atoms with Crippen LogP contribution in [-0.2, 0) is 4.79 Å². The maximum atomic E-state index is 13.5. The molecule has 4 bridgehead atoms. The molecule has 8 heteroatoms. The van der Waals surface area contributed by atoms with Gasteiger partial charge in [-0.1, -0.05) is 57.1 Å². The Kier molecular flexibility index (Phi) is 6.78. The molecular weight excluding hydrogens is 466 g/mol. The summed E-state index contributed by atoms with van der Waals surface area (Å²) in [5.74, 6) is 1.76. The van der Waals surface area contributed by atoms with Crippen LogP contribution >= 0.6 is 0 Å². The topological polar surface area (TPSA) is 87.5 Å². The van der Waals surface area contributed by atoms with Gasteiger partial charge < -0.3 is 14.8 Å². The highest BCUT2D eigenvalue weighted by molar-refractivity contribution is 6.19. The predicted octanol–water partition coefficient (Wildman–Crippen LogP) is 4.62. The predicted molar refractivity (Wildman–Crippen MR) is 144 cm³/mol. The van der Waals surface area contributed by atoms with E-state index in [9.17, 15) is 14.4 Å². The number of piperidine rings is 2. The van der Waals surface area contributed by atoms with E-state index in [0.717, 1.165) is 47.9 Å². The van der Waals surface area contributed by atoms with Crippen LogP contribution in [0.15, 0.2) is 29.1 Å². The van der Waals surface area contributed by atoms with Crippen LogP contribution < -0.4 is 15.8 Å². The average molecular weight is 506 g/mol. The number of aromatic nitrogens is 2. The number of carbonyl (C=O) groups is 2. The zero-order chi connectivity index (χ0) is 25.5. The first kappa shape index (κ1) is 24.6. The van der Waals surface area contributed by atoms with Crippen LogP contribution in [0.4, 0.5) is 10.6 Å². The second kappa shape index (κ2) is 10.2. The lowest BCUT2D eigenvalue weighted by Gasteiger charge is -2.47. The van der Waals surface area contributed by atoms with Gasteiger partial charge in [-0.25, -0.2) is 14.7 Å². The van der Waals surface area contributed by atoms with Gasteiger partial charge in [-0.2, -0.15) is 0 Å². The molecule has 3 aliphatic heterocycles. The van der Waals surface area contributed by atoms with E-state index in [4.69, 9.17) is 0 Å². The van der Waals surface area contributed by atoms with Crippen molar-refractivity contribution >= 4 is 28.8 Å². The Balaban J connectivity index is 0.000000235. The molecule has 2 aromatic rings. The Hall–Kier alpha value is -2.74. The van der Waals surface area contributed by atoms with Crippen molar-refractivity contribution in [1.29, 1.82) is 0 Å². The molecule has 4 heterocycles. The number of nitrogens with one attached hydrogen (secondary N) is 1. The van der Waals surface area contributed by atoms with Crippen LogP contribution in [0.1, 0.15) is 83.1 Å². The minimum Gasteiger partial charge on any atom is -0.328 e. The fourth-order valence-electron chi connectivity index (χ4n) is 7.71. The number of fused-ring (bicyclic) bond motifs is 5. The quantitative estimate of drug-likeness (QED) is 0.602. The first-order valence-corrected chi connectivity index (χ1v) is 14.3. The van der Waals surface area contributed by atoms with Crippen molar-refractivity contribution in [2.75, 3.05) is 18.5 Å². The normalized spacial score (nSPS) is 31.6. The number of urea groups is 1. The van der Waals surface area contributed by atoms with Gasteiger partial charge in [-0.05, 0) is 63.1 Å². The van der Waals surface area contributed by atoms with E-state index in [1.54, 1.807) is 36.7 Å². The van der Waals surface area contributed by atoms with Crippen LogP contribution in [0.2, 0.25) is 0 Å². The first-order chi connectivity index (χ1) is 18.0. The molecule has 7 rings (SSSR count). The monoisotopic (exact) mass is 505 g/mol. The van der Waals surface area contributed by atoms with Crippen LogP contribution in [0.5, 0.6) is 0 Å². The summed E-state index contributed by atoms with van der Waals surface area (Å²) in [6, 6.07) is 7.82. The molecule has 0 radical (unpaired) electrons. The molecule has 198 valence electrons. The minimum absolute atomic E-state index is 0.0337. The summed E-state index contributed by atoms with van der Waals surface area (Å²) in [5, 5.41) is 2.47. The summed E-state index contributed by atoms with van der Waals surface area (Å²) < 4.78 is 1.79. The summed E-state index contributed by atoms with van der Waals surface area (Å²) in [5.41, 5.74) is 1.02. The highest BCUT2D eigenvalue weighted by Crippen LogP contribution is 2.40. The van der Waals surface area contributed by atoms with Crippen molar-refractivity contribution in [3.05, 3.63) is 34.6 Å². The molecular formula is C29H39N5O3. The van der Waals surface area contributed by atoms with Crippen LogP contribution in [0.25, 0.3) is 11.0 Å². The molecule has 37 heavy (non-hydrogen) atoms. The van der Waals surface area contributed by atoms with Crippen molar-refractivity contribution in [1.82, 2.24) is 19.8 Å². The number of para-hydroxylation sites is 2. The van der Waals surface area contributed by atoms with Gasteiger partial charge in [0.25, 0.3) is 11.5 Å². The lowest BCUT2D eigenvalue weighted by molar-refractivity contribution is -0.115. The maximum Gasteiger partial charge on any atom is 0.330 e. The number of benzene rings is 1. The Morgan fingerprint density at radius 2 is 1.43 bits per heavy atom. The highest BCUT2D eigenvalue weighted by atomic mass is 16.2. The summed E-state index contributed by atoms with van der Waals surface area (Å²) in [6.45, 7) is -0.106. The summed E-state index contributed by atoms with van der Waals surface area (Å²) in [4.78, 5) is 45.6. The number of hydrogen-bond acceptors (Lipinski definition) is 5. The maximum absolute atomic E-state index is 13.5. The number of amides is 3. The van der Waals surface area contributed by atoms with E-state index >= 15 is 0 Å². The minimum atomic E-state index is -0.586. The van der Waals surface area contributed by atoms with Gasteiger partial charge in [0.15, 0.2) is 0 Å².